The van der Waals surface area contributed by atoms with Crippen molar-refractivity contribution in [2.45, 2.75) is 6.92 Å². The van der Waals surface area contributed by atoms with Crippen LogP contribution in [-0.2, 0) is 0 Å². The molecular weight excluding hydrogens is 623 g/mol. The number of pyridine rings is 2. The van der Waals surface area contributed by atoms with Gasteiger partial charge in [-0.1, -0.05) is 146 Å². The van der Waals surface area contributed by atoms with Crippen molar-refractivity contribution in [2.75, 3.05) is 0 Å². The van der Waals surface area contributed by atoms with Gasteiger partial charge in [0.15, 0.2) is 17.5 Å². The third-order valence-electron chi connectivity index (χ3n) is 9.17. The molecule has 0 amide bonds. The van der Waals surface area contributed by atoms with Crippen molar-refractivity contribution in [1.29, 1.82) is 0 Å². The quantitative estimate of drug-likeness (QED) is 0.167. The monoisotopic (exact) mass is 653 g/mol. The van der Waals surface area contributed by atoms with Crippen LogP contribution in [0.3, 0.4) is 0 Å². The van der Waals surface area contributed by atoms with Gasteiger partial charge in [-0.2, -0.15) is 0 Å². The van der Waals surface area contributed by atoms with Gasteiger partial charge in [0.2, 0.25) is 0 Å². The zero-order chi connectivity index (χ0) is 34.1. The average molecular weight is 654 g/mol. The minimum atomic E-state index is 0.628. The summed E-state index contributed by atoms with van der Waals surface area (Å²) in [6.45, 7) is 2.03. The van der Waals surface area contributed by atoms with Crippen molar-refractivity contribution in [3.63, 3.8) is 0 Å². The van der Waals surface area contributed by atoms with Gasteiger partial charge in [0.1, 0.15) is 0 Å². The Hall–Kier alpha value is -6.85. The van der Waals surface area contributed by atoms with E-state index in [0.717, 1.165) is 77.7 Å². The molecular formula is C46H31N5. The van der Waals surface area contributed by atoms with E-state index in [0.29, 0.717) is 17.5 Å². The summed E-state index contributed by atoms with van der Waals surface area (Å²) in [5.74, 6) is 1.91. The second-order valence-corrected chi connectivity index (χ2v) is 12.6. The Morgan fingerprint density at radius 3 is 1.45 bits per heavy atom. The SMILES string of the molecule is Cc1ccc2ccc3c(-c4cccc(-c5cccc(-c6nc(-c7ccccc7)nc(-c7ccccc7)n6)c5)c4)cc(-c4ccccc4)nc3c2n1. The zero-order valence-electron chi connectivity index (χ0n) is 27.9. The summed E-state index contributed by atoms with van der Waals surface area (Å²) in [6, 6.07) is 58.3. The Bertz CT molecular complexity index is 2630. The number of hydrogen-bond donors (Lipinski definition) is 0. The van der Waals surface area contributed by atoms with Crippen LogP contribution in [-0.4, -0.2) is 24.9 Å². The highest BCUT2D eigenvalue weighted by atomic mass is 15.0. The van der Waals surface area contributed by atoms with Gasteiger partial charge in [-0.15, -0.1) is 0 Å². The molecule has 0 spiro atoms. The molecule has 5 heteroatoms. The van der Waals surface area contributed by atoms with Crippen LogP contribution >= 0.6 is 0 Å². The van der Waals surface area contributed by atoms with Crippen LogP contribution in [0.4, 0.5) is 0 Å². The molecule has 0 radical (unpaired) electrons. The van der Waals surface area contributed by atoms with Crippen molar-refractivity contribution >= 4 is 21.8 Å². The van der Waals surface area contributed by atoms with E-state index in [-0.39, 0.29) is 0 Å². The van der Waals surface area contributed by atoms with Crippen molar-refractivity contribution < 1.29 is 0 Å². The Kier molecular flexibility index (Phi) is 7.63. The topological polar surface area (TPSA) is 64.5 Å². The fourth-order valence-corrected chi connectivity index (χ4v) is 6.61. The Morgan fingerprint density at radius 1 is 0.333 bits per heavy atom. The van der Waals surface area contributed by atoms with Gasteiger partial charge in [0, 0.05) is 38.7 Å². The molecule has 0 fully saturated rings. The lowest BCUT2D eigenvalue weighted by molar-refractivity contribution is 1.07. The molecule has 0 bridgehead atoms. The fourth-order valence-electron chi connectivity index (χ4n) is 6.61. The molecule has 240 valence electrons. The van der Waals surface area contributed by atoms with Crippen LogP contribution in [0.5, 0.6) is 0 Å². The molecule has 0 aliphatic heterocycles. The maximum atomic E-state index is 5.20. The van der Waals surface area contributed by atoms with Gasteiger partial charge in [-0.05, 0) is 53.4 Å². The minimum Gasteiger partial charge on any atom is -0.251 e. The molecule has 6 aromatic carbocycles. The summed E-state index contributed by atoms with van der Waals surface area (Å²) < 4.78 is 0. The molecule has 51 heavy (non-hydrogen) atoms. The highest BCUT2D eigenvalue weighted by Gasteiger charge is 2.16. The molecule has 0 saturated heterocycles. The van der Waals surface area contributed by atoms with Crippen molar-refractivity contribution in [2.24, 2.45) is 0 Å². The third-order valence-corrected chi connectivity index (χ3v) is 9.17. The second kappa shape index (κ2) is 12.9. The second-order valence-electron chi connectivity index (χ2n) is 12.6. The third kappa shape index (κ3) is 5.91. The van der Waals surface area contributed by atoms with Gasteiger partial charge >= 0.3 is 0 Å². The maximum absolute atomic E-state index is 5.20. The lowest BCUT2D eigenvalue weighted by Gasteiger charge is -2.14. The summed E-state index contributed by atoms with van der Waals surface area (Å²) in [7, 11) is 0. The average Bonchev–Trinajstić information content (AvgIpc) is 3.21. The predicted octanol–water partition coefficient (Wildman–Crippen LogP) is 11.3. The summed E-state index contributed by atoms with van der Waals surface area (Å²) in [5, 5.41) is 2.14. The van der Waals surface area contributed by atoms with Gasteiger partial charge in [-0.3, -0.25) is 4.98 Å². The van der Waals surface area contributed by atoms with Crippen LogP contribution in [0, 0.1) is 6.92 Å². The number of hydrogen-bond acceptors (Lipinski definition) is 5. The summed E-state index contributed by atoms with van der Waals surface area (Å²) >= 11 is 0. The minimum absolute atomic E-state index is 0.628. The Labute approximate surface area is 296 Å². The van der Waals surface area contributed by atoms with Gasteiger partial charge in [0.25, 0.3) is 0 Å². The first-order chi connectivity index (χ1) is 25.2. The first-order valence-corrected chi connectivity index (χ1v) is 17.0. The first kappa shape index (κ1) is 30.2. The lowest BCUT2D eigenvalue weighted by atomic mass is 9.94. The normalized spacial score (nSPS) is 11.2. The summed E-state index contributed by atoms with van der Waals surface area (Å²) in [5.41, 5.74) is 12.0. The largest absolute Gasteiger partial charge is 0.251 e. The van der Waals surface area contributed by atoms with E-state index in [1.807, 2.05) is 73.7 Å². The lowest BCUT2D eigenvalue weighted by Crippen LogP contribution is -2.00. The van der Waals surface area contributed by atoms with Crippen molar-refractivity contribution in [3.8, 4) is 67.7 Å². The molecule has 0 N–H and O–H groups in total. The predicted molar refractivity (Wildman–Crippen MR) is 208 cm³/mol. The molecule has 3 heterocycles. The number of benzene rings is 6. The van der Waals surface area contributed by atoms with Crippen molar-refractivity contribution in [1.82, 2.24) is 24.9 Å². The molecule has 0 atom stereocenters. The molecule has 0 aliphatic carbocycles. The van der Waals surface area contributed by atoms with Gasteiger partial charge in [0.05, 0.1) is 16.7 Å². The zero-order valence-corrected chi connectivity index (χ0v) is 27.9. The van der Waals surface area contributed by atoms with Gasteiger partial charge in [-0.25, -0.2) is 19.9 Å². The van der Waals surface area contributed by atoms with Crippen molar-refractivity contribution in [3.05, 3.63) is 176 Å². The Balaban J connectivity index is 1.18. The van der Waals surface area contributed by atoms with E-state index in [1.54, 1.807) is 0 Å². The van der Waals surface area contributed by atoms with Crippen LogP contribution < -0.4 is 0 Å². The van der Waals surface area contributed by atoms with Crippen LogP contribution in [0.15, 0.2) is 170 Å². The highest BCUT2D eigenvalue weighted by Crippen LogP contribution is 2.37. The van der Waals surface area contributed by atoms with E-state index in [9.17, 15) is 0 Å². The summed E-state index contributed by atoms with van der Waals surface area (Å²) in [6.07, 6.45) is 0. The highest BCUT2D eigenvalue weighted by molar-refractivity contribution is 6.09. The van der Waals surface area contributed by atoms with Gasteiger partial charge < -0.3 is 0 Å². The van der Waals surface area contributed by atoms with E-state index in [4.69, 9.17) is 24.9 Å². The molecule has 0 saturated carbocycles. The number of nitrogens with zero attached hydrogens (tertiary/aromatic N) is 5. The molecule has 0 unspecified atom stereocenters. The van der Waals surface area contributed by atoms with E-state index in [1.165, 1.54) is 0 Å². The molecule has 3 aromatic heterocycles. The Morgan fingerprint density at radius 2 is 0.824 bits per heavy atom. The molecule has 9 aromatic rings. The number of aromatic nitrogens is 5. The smallest absolute Gasteiger partial charge is 0.164 e. The number of fused-ring (bicyclic) bond motifs is 3. The van der Waals surface area contributed by atoms with E-state index in [2.05, 4.69) is 103 Å². The fraction of sp³-hybridized carbons (Fsp3) is 0.0217. The number of rotatable bonds is 6. The first-order valence-electron chi connectivity index (χ1n) is 17.0. The molecule has 5 nitrogen and oxygen atoms in total. The van der Waals surface area contributed by atoms with Crippen LogP contribution in [0.1, 0.15) is 5.69 Å². The molecule has 0 aliphatic rings. The standard InChI is InChI=1S/C46H31N5/c1-30-23-24-32-25-26-39-40(29-41(31-13-5-2-6-14-31)48-43(39)42(32)47-30)37-21-11-19-35(27-37)36-20-12-22-38(28-36)46-50-44(33-15-7-3-8-16-33)49-45(51-46)34-17-9-4-10-18-34/h2-29H,1H3. The number of aryl methyl sites for hydroxylation is 1. The van der Waals surface area contributed by atoms with Crippen LogP contribution in [0.25, 0.3) is 89.5 Å². The summed E-state index contributed by atoms with van der Waals surface area (Å²) in [4.78, 5) is 25.0. The van der Waals surface area contributed by atoms with E-state index < -0.39 is 0 Å². The van der Waals surface area contributed by atoms with Crippen LogP contribution in [0.2, 0.25) is 0 Å². The van der Waals surface area contributed by atoms with E-state index >= 15 is 0 Å². The maximum Gasteiger partial charge on any atom is 0.164 e. The molecule has 9 rings (SSSR count).